The van der Waals surface area contributed by atoms with Gasteiger partial charge in [0.15, 0.2) is 0 Å². The predicted octanol–water partition coefficient (Wildman–Crippen LogP) is 2.62. The first-order chi connectivity index (χ1) is 7.53. The molecular formula is C13H27ClN2O. The Morgan fingerprint density at radius 3 is 2.41 bits per heavy atom. The van der Waals surface area contributed by atoms with Gasteiger partial charge in [-0.3, -0.25) is 4.79 Å². The van der Waals surface area contributed by atoms with Crippen molar-refractivity contribution in [2.24, 2.45) is 11.7 Å². The first-order valence-corrected chi connectivity index (χ1v) is 6.54. The molecule has 0 unspecified atom stereocenters. The van der Waals surface area contributed by atoms with Gasteiger partial charge in [-0.2, -0.15) is 0 Å². The molecule has 3 N–H and O–H groups in total. The zero-order valence-electron chi connectivity index (χ0n) is 11.1. The van der Waals surface area contributed by atoms with Gasteiger partial charge in [-0.15, -0.1) is 12.4 Å². The fourth-order valence-electron chi connectivity index (χ4n) is 2.30. The van der Waals surface area contributed by atoms with Gasteiger partial charge in [0.05, 0.1) is 0 Å². The highest BCUT2D eigenvalue weighted by Gasteiger charge is 2.19. The smallest absolute Gasteiger partial charge is 0.220 e. The highest BCUT2D eigenvalue weighted by molar-refractivity contribution is 5.85. The molecule has 1 rings (SSSR count). The SMILES string of the molecule is CC(C)(CN)NC(=O)CCC1CCCCC1.Cl. The number of nitrogens with two attached hydrogens (primary N) is 1. The number of hydrogen-bond donors (Lipinski definition) is 2. The summed E-state index contributed by atoms with van der Waals surface area (Å²) in [4.78, 5) is 11.7. The summed E-state index contributed by atoms with van der Waals surface area (Å²) in [5.74, 6) is 0.932. The lowest BCUT2D eigenvalue weighted by molar-refractivity contribution is -0.122. The molecule has 0 bridgehead atoms. The molecule has 0 aromatic heterocycles. The third-order valence-corrected chi connectivity index (χ3v) is 3.49. The lowest BCUT2D eigenvalue weighted by Crippen LogP contribution is -2.48. The van der Waals surface area contributed by atoms with Gasteiger partial charge in [0, 0.05) is 18.5 Å². The van der Waals surface area contributed by atoms with E-state index in [-0.39, 0.29) is 23.9 Å². The average Bonchev–Trinajstić information content (AvgIpc) is 2.27. The molecule has 0 aliphatic heterocycles. The molecule has 1 aliphatic rings. The molecule has 1 saturated carbocycles. The average molecular weight is 263 g/mol. The van der Waals surface area contributed by atoms with Gasteiger partial charge in [-0.25, -0.2) is 0 Å². The van der Waals surface area contributed by atoms with Crippen LogP contribution in [0, 0.1) is 5.92 Å². The quantitative estimate of drug-likeness (QED) is 0.800. The summed E-state index contributed by atoms with van der Waals surface area (Å²) in [5, 5.41) is 2.98. The second kappa shape index (κ2) is 7.93. The van der Waals surface area contributed by atoms with Gasteiger partial charge in [0.25, 0.3) is 0 Å². The van der Waals surface area contributed by atoms with Crippen LogP contribution < -0.4 is 11.1 Å². The number of carbonyl (C=O) groups excluding carboxylic acids is 1. The standard InChI is InChI=1S/C13H26N2O.ClH/c1-13(2,10-14)15-12(16)9-8-11-6-4-3-5-7-11;/h11H,3-10,14H2,1-2H3,(H,15,16);1H. The fraction of sp³-hybridized carbons (Fsp3) is 0.923. The number of halogens is 1. The van der Waals surface area contributed by atoms with Crippen LogP contribution in [0.1, 0.15) is 58.8 Å². The number of rotatable bonds is 5. The number of carbonyl (C=O) groups is 1. The van der Waals surface area contributed by atoms with Crippen LogP contribution in [-0.4, -0.2) is 18.0 Å². The van der Waals surface area contributed by atoms with Crippen LogP contribution >= 0.6 is 12.4 Å². The summed E-state index contributed by atoms with van der Waals surface area (Å²) in [7, 11) is 0. The topological polar surface area (TPSA) is 55.1 Å². The highest BCUT2D eigenvalue weighted by atomic mass is 35.5. The molecule has 0 atom stereocenters. The third kappa shape index (κ3) is 6.89. The molecule has 0 spiro atoms. The molecule has 0 saturated heterocycles. The molecule has 102 valence electrons. The second-order valence-electron chi connectivity index (χ2n) is 5.68. The second-order valence-corrected chi connectivity index (χ2v) is 5.68. The molecule has 0 aromatic carbocycles. The molecule has 1 aliphatic carbocycles. The maximum Gasteiger partial charge on any atom is 0.220 e. The van der Waals surface area contributed by atoms with Crippen molar-refractivity contribution in [3.63, 3.8) is 0 Å². The van der Waals surface area contributed by atoms with E-state index in [1.807, 2.05) is 13.8 Å². The van der Waals surface area contributed by atoms with E-state index in [1.54, 1.807) is 0 Å². The van der Waals surface area contributed by atoms with E-state index >= 15 is 0 Å². The fourth-order valence-corrected chi connectivity index (χ4v) is 2.30. The largest absolute Gasteiger partial charge is 0.350 e. The molecule has 0 heterocycles. The summed E-state index contributed by atoms with van der Waals surface area (Å²) in [6.07, 6.45) is 8.41. The molecular weight excluding hydrogens is 236 g/mol. The molecule has 1 amide bonds. The minimum atomic E-state index is -0.260. The van der Waals surface area contributed by atoms with Crippen molar-refractivity contribution in [1.82, 2.24) is 5.32 Å². The first-order valence-electron chi connectivity index (χ1n) is 6.54. The van der Waals surface area contributed by atoms with Gasteiger partial charge in [0.1, 0.15) is 0 Å². The molecule has 3 nitrogen and oxygen atoms in total. The Balaban J connectivity index is 0.00000256. The zero-order chi connectivity index (χ0) is 12.0. The van der Waals surface area contributed by atoms with E-state index in [0.717, 1.165) is 12.3 Å². The van der Waals surface area contributed by atoms with Gasteiger partial charge in [0.2, 0.25) is 5.91 Å². The van der Waals surface area contributed by atoms with Crippen molar-refractivity contribution in [2.75, 3.05) is 6.54 Å². The Bertz CT molecular complexity index is 225. The van der Waals surface area contributed by atoms with Crippen molar-refractivity contribution < 1.29 is 4.79 Å². The van der Waals surface area contributed by atoms with Crippen LogP contribution in [0.25, 0.3) is 0 Å². The maximum atomic E-state index is 11.7. The van der Waals surface area contributed by atoms with Gasteiger partial charge < -0.3 is 11.1 Å². The van der Waals surface area contributed by atoms with Gasteiger partial charge >= 0.3 is 0 Å². The third-order valence-electron chi connectivity index (χ3n) is 3.49. The number of hydrogen-bond acceptors (Lipinski definition) is 2. The first kappa shape index (κ1) is 16.7. The molecule has 0 aromatic rings. The zero-order valence-corrected chi connectivity index (χ0v) is 11.9. The van der Waals surface area contributed by atoms with Crippen molar-refractivity contribution in [3.05, 3.63) is 0 Å². The van der Waals surface area contributed by atoms with E-state index in [0.29, 0.717) is 13.0 Å². The van der Waals surface area contributed by atoms with E-state index in [4.69, 9.17) is 5.73 Å². The summed E-state index contributed by atoms with van der Waals surface area (Å²) in [6.45, 7) is 4.42. The minimum Gasteiger partial charge on any atom is -0.350 e. The normalized spacial score (nSPS) is 17.4. The monoisotopic (exact) mass is 262 g/mol. The van der Waals surface area contributed by atoms with Crippen molar-refractivity contribution in [3.8, 4) is 0 Å². The van der Waals surface area contributed by atoms with Crippen LogP contribution in [0.3, 0.4) is 0 Å². The molecule has 1 fully saturated rings. The Hall–Kier alpha value is -0.280. The summed E-state index contributed by atoms with van der Waals surface area (Å²) >= 11 is 0. The lowest BCUT2D eigenvalue weighted by atomic mass is 9.86. The summed E-state index contributed by atoms with van der Waals surface area (Å²) in [5.41, 5.74) is 5.32. The Morgan fingerprint density at radius 2 is 1.88 bits per heavy atom. The predicted molar refractivity (Wildman–Crippen MR) is 74.3 cm³/mol. The van der Waals surface area contributed by atoms with Crippen molar-refractivity contribution in [1.29, 1.82) is 0 Å². The van der Waals surface area contributed by atoms with Crippen molar-refractivity contribution >= 4 is 18.3 Å². The molecule has 0 radical (unpaired) electrons. The summed E-state index contributed by atoms with van der Waals surface area (Å²) < 4.78 is 0. The number of amides is 1. The van der Waals surface area contributed by atoms with Crippen molar-refractivity contribution in [2.45, 2.75) is 64.3 Å². The lowest BCUT2D eigenvalue weighted by Gasteiger charge is -2.25. The summed E-state index contributed by atoms with van der Waals surface area (Å²) in [6, 6.07) is 0. The van der Waals surface area contributed by atoms with Gasteiger partial charge in [-0.1, -0.05) is 32.1 Å². The molecule has 17 heavy (non-hydrogen) atoms. The number of nitrogens with one attached hydrogen (secondary N) is 1. The Labute approximate surface area is 111 Å². The van der Waals surface area contributed by atoms with Crippen LogP contribution in [0.15, 0.2) is 0 Å². The van der Waals surface area contributed by atoms with E-state index < -0.39 is 0 Å². The Morgan fingerprint density at radius 1 is 1.29 bits per heavy atom. The Kier molecular flexibility index (Phi) is 7.80. The van der Waals surface area contributed by atoms with Crippen LogP contribution in [0.5, 0.6) is 0 Å². The van der Waals surface area contributed by atoms with Crippen LogP contribution in [0.2, 0.25) is 0 Å². The van der Waals surface area contributed by atoms with E-state index in [9.17, 15) is 4.79 Å². The van der Waals surface area contributed by atoms with E-state index in [1.165, 1.54) is 32.1 Å². The molecule has 4 heteroatoms. The minimum absolute atomic E-state index is 0. The highest BCUT2D eigenvalue weighted by Crippen LogP contribution is 2.27. The van der Waals surface area contributed by atoms with Crippen LogP contribution in [-0.2, 0) is 4.79 Å². The van der Waals surface area contributed by atoms with E-state index in [2.05, 4.69) is 5.32 Å². The van der Waals surface area contributed by atoms with Crippen LogP contribution in [0.4, 0.5) is 0 Å². The van der Waals surface area contributed by atoms with Gasteiger partial charge in [-0.05, 0) is 26.2 Å². The maximum absolute atomic E-state index is 11.7.